The van der Waals surface area contributed by atoms with Gasteiger partial charge in [-0.25, -0.2) is 4.98 Å². The van der Waals surface area contributed by atoms with Crippen LogP contribution in [0.3, 0.4) is 0 Å². The fourth-order valence-electron chi connectivity index (χ4n) is 8.77. The van der Waals surface area contributed by atoms with Gasteiger partial charge in [-0.05, 0) is 92.8 Å². The Balaban J connectivity index is 1.34. The first kappa shape index (κ1) is 32.3. The van der Waals surface area contributed by atoms with Gasteiger partial charge in [-0.1, -0.05) is 145 Å². The summed E-state index contributed by atoms with van der Waals surface area (Å²) in [5, 5.41) is 2.52. The molecule has 0 radical (unpaired) electrons. The lowest BCUT2D eigenvalue weighted by atomic mass is 9.59. The Kier molecular flexibility index (Phi) is 7.28. The molecule has 4 nitrogen and oxygen atoms in total. The molecule has 0 unspecified atom stereocenters. The van der Waals surface area contributed by atoms with Crippen LogP contribution in [0.2, 0.25) is 0 Å². The molecule has 2 heterocycles. The van der Waals surface area contributed by atoms with Gasteiger partial charge in [0.1, 0.15) is 0 Å². The molecule has 0 atom stereocenters. The van der Waals surface area contributed by atoms with Crippen LogP contribution in [0.4, 0.5) is 0 Å². The van der Waals surface area contributed by atoms with Gasteiger partial charge in [-0.3, -0.25) is 4.57 Å². The molecule has 256 valence electrons. The van der Waals surface area contributed by atoms with Crippen molar-refractivity contribution in [3.05, 3.63) is 150 Å². The van der Waals surface area contributed by atoms with Crippen molar-refractivity contribution in [1.29, 1.82) is 0 Å². The summed E-state index contributed by atoms with van der Waals surface area (Å²) >= 11 is 0. The first-order valence-electron chi connectivity index (χ1n) is 18.5. The fourth-order valence-corrected chi connectivity index (χ4v) is 8.77. The maximum absolute atomic E-state index is 5.39. The van der Waals surface area contributed by atoms with E-state index in [-0.39, 0.29) is 16.2 Å². The second-order valence-corrected chi connectivity index (χ2v) is 16.1. The zero-order chi connectivity index (χ0) is 35.8. The van der Waals surface area contributed by atoms with E-state index < -0.39 is 0 Å². The number of para-hydroxylation sites is 1. The zero-order valence-electron chi connectivity index (χ0n) is 30.9. The molecule has 0 spiro atoms. The van der Waals surface area contributed by atoms with E-state index in [2.05, 4.69) is 161 Å². The maximum Gasteiger partial charge on any atom is 0.238 e. The molecule has 0 aliphatic heterocycles. The Morgan fingerprint density at radius 1 is 0.558 bits per heavy atom. The molecule has 0 bridgehead atoms. The predicted octanol–water partition coefficient (Wildman–Crippen LogP) is 12.3. The van der Waals surface area contributed by atoms with Crippen molar-refractivity contribution < 1.29 is 0 Å². The quantitative estimate of drug-likeness (QED) is 0.182. The topological polar surface area (TPSA) is 43.6 Å². The minimum Gasteiger partial charge on any atom is -0.278 e. The normalized spacial score (nSPS) is 17.0. The highest BCUT2D eigenvalue weighted by atomic mass is 15.2. The van der Waals surface area contributed by atoms with Crippen molar-refractivity contribution in [2.75, 3.05) is 0 Å². The number of fused-ring (bicyclic) bond motifs is 5. The number of nitrogens with zero attached hydrogens (tertiary/aromatic N) is 4. The van der Waals surface area contributed by atoms with Gasteiger partial charge >= 0.3 is 0 Å². The third-order valence-corrected chi connectivity index (χ3v) is 12.8. The molecule has 7 aromatic rings. The number of aromatic nitrogens is 4. The van der Waals surface area contributed by atoms with Crippen LogP contribution in [0.5, 0.6) is 0 Å². The Morgan fingerprint density at radius 3 is 1.90 bits per heavy atom. The van der Waals surface area contributed by atoms with Crippen molar-refractivity contribution >= 4 is 27.4 Å². The number of hydrogen-bond acceptors (Lipinski definition) is 3. The summed E-state index contributed by atoms with van der Waals surface area (Å²) < 4.78 is 2.27. The molecular weight excluding hydrogens is 633 g/mol. The van der Waals surface area contributed by atoms with Crippen molar-refractivity contribution in [2.24, 2.45) is 5.41 Å². The highest BCUT2D eigenvalue weighted by molar-refractivity contribution is 6.12. The van der Waals surface area contributed by atoms with Crippen LogP contribution in [0.25, 0.3) is 67.2 Å². The van der Waals surface area contributed by atoms with E-state index in [1.807, 2.05) is 18.2 Å². The van der Waals surface area contributed by atoms with Crippen molar-refractivity contribution in [3.8, 4) is 39.9 Å². The van der Waals surface area contributed by atoms with Crippen molar-refractivity contribution in [2.45, 2.75) is 65.2 Å². The van der Waals surface area contributed by atoms with Crippen LogP contribution in [0, 0.1) is 5.41 Å². The van der Waals surface area contributed by atoms with E-state index in [0.717, 1.165) is 40.6 Å². The minimum atomic E-state index is -0.0724. The molecular formula is C48H44N4. The van der Waals surface area contributed by atoms with Gasteiger partial charge < -0.3 is 0 Å². The fraction of sp³-hybridized carbons (Fsp3) is 0.229. The van der Waals surface area contributed by atoms with E-state index in [1.165, 1.54) is 38.6 Å². The molecule has 0 fully saturated rings. The average molecular weight is 677 g/mol. The molecule has 0 saturated heterocycles. The highest BCUT2D eigenvalue weighted by Crippen LogP contribution is 2.63. The van der Waals surface area contributed by atoms with Crippen LogP contribution in [0.15, 0.2) is 133 Å². The van der Waals surface area contributed by atoms with Crippen molar-refractivity contribution in [1.82, 2.24) is 19.5 Å². The lowest BCUT2D eigenvalue weighted by Crippen LogP contribution is -2.42. The minimum absolute atomic E-state index is 0.00488. The second-order valence-electron chi connectivity index (χ2n) is 16.1. The molecule has 9 rings (SSSR count). The summed E-state index contributed by atoms with van der Waals surface area (Å²) in [4.78, 5) is 15.9. The predicted molar refractivity (Wildman–Crippen MR) is 217 cm³/mol. The first-order valence-corrected chi connectivity index (χ1v) is 18.5. The van der Waals surface area contributed by atoms with Gasteiger partial charge in [-0.2, -0.15) is 9.97 Å². The van der Waals surface area contributed by atoms with E-state index in [4.69, 9.17) is 15.0 Å². The van der Waals surface area contributed by atoms with E-state index in [9.17, 15) is 0 Å². The molecule has 2 aliphatic rings. The molecule has 5 aromatic carbocycles. The molecule has 2 aliphatic carbocycles. The standard InChI is InChI=1S/C48H44N4/c1-46(2)38-26-27-40-41(42(38)47(3,4)48(46,5)6)37-24-16-17-25-39(37)52(40)45-50-43(33-22-14-9-15-23-33)49-44(51-45)36-29-34(31-18-10-7-11-19-31)28-35(30-36)32-20-12-8-13-21-32/h7-12,14-20,22-30H,13,21H2,1-6H3. The average Bonchev–Trinajstić information content (AvgIpc) is 3.57. The Bertz CT molecular complexity index is 2580. The SMILES string of the molecule is CC1(C)c2ccc3c(c2C(C)(C)C1(C)C)c1ccccc1n3-c1nc(-c2ccccc2)nc(-c2cc(C3=CC=CCC3)cc(-c3ccccc3)c2)n1. The van der Waals surface area contributed by atoms with Gasteiger partial charge in [0.25, 0.3) is 0 Å². The maximum atomic E-state index is 5.39. The largest absolute Gasteiger partial charge is 0.278 e. The summed E-state index contributed by atoms with van der Waals surface area (Å²) in [6.45, 7) is 14.5. The van der Waals surface area contributed by atoms with Gasteiger partial charge in [0, 0.05) is 21.9 Å². The van der Waals surface area contributed by atoms with Crippen LogP contribution in [-0.4, -0.2) is 19.5 Å². The monoisotopic (exact) mass is 676 g/mol. The van der Waals surface area contributed by atoms with E-state index in [1.54, 1.807) is 0 Å². The molecule has 0 saturated carbocycles. The summed E-state index contributed by atoms with van der Waals surface area (Å²) in [6, 6.07) is 41.1. The molecule has 4 heteroatoms. The van der Waals surface area contributed by atoms with Gasteiger partial charge in [-0.15, -0.1) is 0 Å². The molecule has 52 heavy (non-hydrogen) atoms. The van der Waals surface area contributed by atoms with Crippen molar-refractivity contribution in [3.63, 3.8) is 0 Å². The second kappa shape index (κ2) is 11.7. The molecule has 0 amide bonds. The smallest absolute Gasteiger partial charge is 0.238 e. The third-order valence-electron chi connectivity index (χ3n) is 12.8. The zero-order valence-corrected chi connectivity index (χ0v) is 30.9. The van der Waals surface area contributed by atoms with Gasteiger partial charge in [0.05, 0.1) is 11.0 Å². The number of allylic oxidation sites excluding steroid dienone is 4. The van der Waals surface area contributed by atoms with Crippen LogP contribution in [0.1, 0.15) is 71.1 Å². The highest BCUT2D eigenvalue weighted by Gasteiger charge is 2.57. The van der Waals surface area contributed by atoms with Gasteiger partial charge in [0.2, 0.25) is 5.95 Å². The summed E-state index contributed by atoms with van der Waals surface area (Å²) in [7, 11) is 0. The van der Waals surface area contributed by atoms with Crippen LogP contribution in [-0.2, 0) is 10.8 Å². The van der Waals surface area contributed by atoms with Crippen LogP contribution < -0.4 is 0 Å². The van der Waals surface area contributed by atoms with Gasteiger partial charge in [0.15, 0.2) is 11.6 Å². The Morgan fingerprint density at radius 2 is 1.19 bits per heavy atom. The third kappa shape index (κ3) is 4.77. The molecule has 0 N–H and O–H groups in total. The number of benzene rings is 5. The summed E-state index contributed by atoms with van der Waals surface area (Å²) in [6.07, 6.45) is 8.69. The van der Waals surface area contributed by atoms with E-state index in [0.29, 0.717) is 17.6 Å². The van der Waals surface area contributed by atoms with E-state index >= 15 is 0 Å². The molecule has 2 aromatic heterocycles. The first-order chi connectivity index (χ1) is 25.1. The summed E-state index contributed by atoms with van der Waals surface area (Å²) in [5.74, 6) is 1.93. The lowest BCUT2D eigenvalue weighted by molar-refractivity contribution is 0.125. The summed E-state index contributed by atoms with van der Waals surface area (Å²) in [5.41, 5.74) is 11.8. The number of hydrogen-bond donors (Lipinski definition) is 0. The number of rotatable bonds is 5. The van der Waals surface area contributed by atoms with Crippen LogP contribution >= 0.6 is 0 Å². The Labute approximate surface area is 306 Å². The Hall–Kier alpha value is -5.61. The lowest BCUT2D eigenvalue weighted by Gasteiger charge is -2.44.